The van der Waals surface area contributed by atoms with E-state index in [1.54, 1.807) is 16.7 Å². The highest BCUT2D eigenvalue weighted by Crippen LogP contribution is 2.56. The Hall–Kier alpha value is -3.62. The number of halogens is 1. The molecule has 184 valence electrons. The molecule has 7 nitrogen and oxygen atoms in total. The summed E-state index contributed by atoms with van der Waals surface area (Å²) in [5, 5.41) is 4.23. The highest BCUT2D eigenvalue weighted by molar-refractivity contribution is 9.10. The van der Waals surface area contributed by atoms with Gasteiger partial charge in [0.05, 0.1) is 34.1 Å². The number of aromatic nitrogens is 2. The van der Waals surface area contributed by atoms with E-state index >= 15 is 0 Å². The highest BCUT2D eigenvalue weighted by Gasteiger charge is 2.70. The molecule has 1 spiro atoms. The Balaban J connectivity index is 1.55. The van der Waals surface area contributed by atoms with Gasteiger partial charge in [0, 0.05) is 16.1 Å². The zero-order valence-corrected chi connectivity index (χ0v) is 21.8. The number of amides is 2. The number of hydrogen-bond acceptors (Lipinski definition) is 5. The van der Waals surface area contributed by atoms with Crippen molar-refractivity contribution in [2.24, 2.45) is 17.8 Å². The third-order valence-corrected chi connectivity index (χ3v) is 8.78. The van der Waals surface area contributed by atoms with Gasteiger partial charge in [0.25, 0.3) is 5.56 Å². The molecule has 3 aromatic carbocycles. The number of carbonyl (C=O) groups is 2. The van der Waals surface area contributed by atoms with Crippen LogP contribution in [-0.4, -0.2) is 27.4 Å². The second-order valence-corrected chi connectivity index (χ2v) is 11.2. The van der Waals surface area contributed by atoms with Crippen molar-refractivity contribution in [3.05, 3.63) is 99.0 Å². The molecule has 0 unspecified atom stereocenters. The van der Waals surface area contributed by atoms with E-state index in [1.165, 1.54) is 4.90 Å². The quantitative estimate of drug-likeness (QED) is 0.376. The average Bonchev–Trinajstić information content (AvgIpc) is 3.49. The zero-order valence-electron chi connectivity index (χ0n) is 20.2. The molecule has 0 saturated carbocycles. The van der Waals surface area contributed by atoms with Crippen molar-refractivity contribution >= 4 is 44.3 Å². The van der Waals surface area contributed by atoms with Crippen LogP contribution in [0, 0.1) is 17.8 Å². The fourth-order valence-corrected chi connectivity index (χ4v) is 7.06. The third-order valence-electron chi connectivity index (χ3n) is 8.11. The van der Waals surface area contributed by atoms with Crippen LogP contribution in [0.2, 0.25) is 0 Å². The summed E-state index contributed by atoms with van der Waals surface area (Å²) in [4.78, 5) is 48.6. The van der Waals surface area contributed by atoms with Crippen molar-refractivity contribution < 1.29 is 9.59 Å². The van der Waals surface area contributed by atoms with Crippen molar-refractivity contribution in [1.82, 2.24) is 14.9 Å². The van der Waals surface area contributed by atoms with Crippen LogP contribution in [0.25, 0.3) is 16.6 Å². The highest BCUT2D eigenvalue weighted by atomic mass is 79.9. The topological polar surface area (TPSA) is 84.3 Å². The second kappa shape index (κ2) is 7.69. The third kappa shape index (κ3) is 2.74. The summed E-state index contributed by atoms with van der Waals surface area (Å²) in [6.07, 6.45) is 0. The maximum atomic E-state index is 14.4. The fourth-order valence-electron chi connectivity index (χ4n) is 6.59. The molecule has 0 radical (unpaired) electrons. The van der Waals surface area contributed by atoms with Gasteiger partial charge in [-0.1, -0.05) is 56.3 Å². The Morgan fingerprint density at radius 2 is 1.57 bits per heavy atom. The van der Waals surface area contributed by atoms with Gasteiger partial charge in [-0.05, 0) is 52.2 Å². The van der Waals surface area contributed by atoms with Crippen molar-refractivity contribution in [2.45, 2.75) is 25.4 Å². The Labute approximate surface area is 221 Å². The first kappa shape index (κ1) is 22.6. The van der Waals surface area contributed by atoms with E-state index in [0.717, 1.165) is 5.56 Å². The number of hydrogen-bond donors (Lipinski definition) is 1. The first-order valence-corrected chi connectivity index (χ1v) is 13.2. The summed E-state index contributed by atoms with van der Waals surface area (Å²) in [6.45, 7) is 4.10. The van der Waals surface area contributed by atoms with Crippen LogP contribution >= 0.6 is 15.9 Å². The molecule has 2 amide bonds. The van der Waals surface area contributed by atoms with Crippen LogP contribution in [0.4, 0.5) is 5.69 Å². The lowest BCUT2D eigenvalue weighted by Crippen LogP contribution is -2.51. The minimum atomic E-state index is -1.12. The Morgan fingerprint density at radius 1 is 0.892 bits per heavy atom. The standard InChI is InChI=1S/C29H23BrN4O3/c1-15(2)24-22-23(27(37)33(26(22)36)21-14-8-5-11-18(21)30)29(32-24)17-10-4-7-13-20(17)34-25(35)16-9-3-6-12-19(16)31-28(29)34/h3-15,22-24,32H,1-2H3/t22-,23-,24-,29+/m1/s1. The van der Waals surface area contributed by atoms with Crippen LogP contribution in [-0.2, 0) is 15.1 Å². The zero-order chi connectivity index (χ0) is 25.6. The number of rotatable bonds is 2. The first-order valence-electron chi connectivity index (χ1n) is 12.4. The minimum absolute atomic E-state index is 0.0520. The van der Waals surface area contributed by atoms with Crippen LogP contribution in [0.3, 0.4) is 0 Å². The van der Waals surface area contributed by atoms with Gasteiger partial charge in [0.15, 0.2) is 0 Å². The van der Waals surface area contributed by atoms with Crippen LogP contribution < -0.4 is 15.8 Å². The van der Waals surface area contributed by atoms with Gasteiger partial charge >= 0.3 is 0 Å². The Bertz CT molecular complexity index is 1710. The molecule has 3 aliphatic heterocycles. The summed E-state index contributed by atoms with van der Waals surface area (Å²) in [6, 6.07) is 21.8. The van der Waals surface area contributed by atoms with Crippen molar-refractivity contribution in [1.29, 1.82) is 0 Å². The van der Waals surface area contributed by atoms with Crippen molar-refractivity contribution in [3.63, 3.8) is 0 Å². The van der Waals surface area contributed by atoms with Crippen molar-refractivity contribution in [3.8, 4) is 5.69 Å². The number of nitrogens with zero attached hydrogens (tertiary/aromatic N) is 3. The predicted octanol–water partition coefficient (Wildman–Crippen LogP) is 4.14. The molecule has 2 fully saturated rings. The summed E-state index contributed by atoms with van der Waals surface area (Å²) >= 11 is 3.53. The van der Waals surface area contributed by atoms with Crippen LogP contribution in [0.5, 0.6) is 0 Å². The summed E-state index contributed by atoms with van der Waals surface area (Å²) in [5.41, 5.74) is 1.27. The predicted molar refractivity (Wildman–Crippen MR) is 143 cm³/mol. The van der Waals surface area contributed by atoms with Gasteiger partial charge in [-0.15, -0.1) is 0 Å². The smallest absolute Gasteiger partial charge is 0.266 e. The molecule has 37 heavy (non-hydrogen) atoms. The second-order valence-electron chi connectivity index (χ2n) is 10.3. The van der Waals surface area contributed by atoms with Crippen molar-refractivity contribution in [2.75, 3.05) is 4.90 Å². The number of fused-ring (bicyclic) bond motifs is 8. The summed E-state index contributed by atoms with van der Waals surface area (Å²) < 4.78 is 2.30. The van der Waals surface area contributed by atoms with Gasteiger partial charge in [-0.3, -0.25) is 24.3 Å². The van der Waals surface area contributed by atoms with Crippen LogP contribution in [0.15, 0.2) is 82.1 Å². The van der Waals surface area contributed by atoms with Gasteiger partial charge < -0.3 is 0 Å². The molecule has 0 aliphatic carbocycles. The normalized spacial score (nSPS) is 25.8. The van der Waals surface area contributed by atoms with Gasteiger partial charge in [0.2, 0.25) is 11.8 Å². The van der Waals surface area contributed by atoms with E-state index in [1.807, 2.05) is 74.5 Å². The summed E-state index contributed by atoms with van der Waals surface area (Å²) in [7, 11) is 0. The molecule has 2 saturated heterocycles. The lowest BCUT2D eigenvalue weighted by molar-refractivity contribution is -0.123. The van der Waals surface area contributed by atoms with E-state index in [0.29, 0.717) is 32.6 Å². The van der Waals surface area contributed by atoms with Crippen LogP contribution in [0.1, 0.15) is 25.2 Å². The molecular formula is C29H23BrN4O3. The maximum absolute atomic E-state index is 14.4. The monoisotopic (exact) mass is 554 g/mol. The number of benzene rings is 3. The maximum Gasteiger partial charge on any atom is 0.266 e. The SMILES string of the molecule is CC(C)[C@H]1N[C@@]2(c3ccccc3-n3c2nc2ccccc2c3=O)[C@H]2C(=O)N(c3ccccc3Br)C(=O)[C@@H]12. The molecule has 8 heteroatoms. The van der Waals surface area contributed by atoms with Gasteiger partial charge in [-0.25, -0.2) is 9.88 Å². The fraction of sp³-hybridized carbons (Fsp3) is 0.241. The molecule has 1 N–H and O–H groups in total. The largest absolute Gasteiger partial charge is 0.296 e. The van der Waals surface area contributed by atoms with E-state index in [4.69, 9.17) is 4.98 Å². The molecule has 4 heterocycles. The number of para-hydroxylation sites is 3. The molecule has 7 rings (SSSR count). The minimum Gasteiger partial charge on any atom is -0.296 e. The van der Waals surface area contributed by atoms with E-state index in [-0.39, 0.29) is 29.3 Å². The van der Waals surface area contributed by atoms with E-state index in [2.05, 4.69) is 21.2 Å². The Morgan fingerprint density at radius 3 is 2.32 bits per heavy atom. The molecule has 0 bridgehead atoms. The lowest BCUT2D eigenvalue weighted by Gasteiger charge is -2.32. The molecule has 1 aromatic heterocycles. The molecular weight excluding hydrogens is 532 g/mol. The summed E-state index contributed by atoms with van der Waals surface area (Å²) in [5.74, 6) is -1.38. The molecule has 4 aromatic rings. The molecule has 4 atom stereocenters. The average molecular weight is 555 g/mol. The lowest BCUT2D eigenvalue weighted by atomic mass is 9.75. The number of imide groups is 1. The van der Waals surface area contributed by atoms with Gasteiger partial charge in [-0.2, -0.15) is 0 Å². The van der Waals surface area contributed by atoms with Gasteiger partial charge in [0.1, 0.15) is 11.4 Å². The van der Waals surface area contributed by atoms with E-state index < -0.39 is 17.4 Å². The number of carbonyl (C=O) groups excluding carboxylic acids is 2. The van der Waals surface area contributed by atoms with E-state index in [9.17, 15) is 14.4 Å². The number of nitrogens with one attached hydrogen (secondary N) is 1. The molecule has 3 aliphatic rings. The number of anilines is 1. The Kier molecular flexibility index (Phi) is 4.69. The first-order chi connectivity index (χ1) is 17.9.